The summed E-state index contributed by atoms with van der Waals surface area (Å²) in [4.78, 5) is 59.0. The number of hydrogen-bond acceptors (Lipinski definition) is 10. The summed E-state index contributed by atoms with van der Waals surface area (Å²) in [5, 5.41) is 0. The number of carbonyl (C=O) groups excluding carboxylic acids is 4. The summed E-state index contributed by atoms with van der Waals surface area (Å²) in [5.41, 5.74) is -0.148. The van der Waals surface area contributed by atoms with Gasteiger partial charge in [-0.2, -0.15) is 0 Å². The zero-order valence-electron chi connectivity index (χ0n) is 25.5. The van der Waals surface area contributed by atoms with E-state index in [0.717, 1.165) is 24.3 Å². The Hall–Kier alpha value is -4.30. The molecule has 2 amide bonds. The van der Waals surface area contributed by atoms with Crippen LogP contribution in [0.25, 0.3) is 0 Å². The minimum absolute atomic E-state index is 0.0197. The lowest BCUT2D eigenvalue weighted by Crippen LogP contribution is -2.54. The van der Waals surface area contributed by atoms with Crippen LogP contribution in [-0.2, 0) is 19.1 Å². The Morgan fingerprint density at radius 3 is 1.45 bits per heavy atom. The number of ether oxygens (including phenoxy) is 4. The molecule has 44 heavy (non-hydrogen) atoms. The molecule has 2 unspecified atom stereocenters. The van der Waals surface area contributed by atoms with Crippen LogP contribution in [0.4, 0.5) is 8.78 Å². The average Bonchev–Trinajstić information content (AvgIpc) is 3.11. The normalized spacial score (nSPS) is 21.6. The third kappa shape index (κ3) is 7.25. The molecule has 2 atom stereocenters. The second-order valence-corrected chi connectivity index (χ2v) is 11.5. The Balaban J connectivity index is 1.66. The molecule has 0 bridgehead atoms. The molecule has 2 aromatic carbocycles. The van der Waals surface area contributed by atoms with E-state index in [0.29, 0.717) is 13.1 Å². The lowest BCUT2D eigenvalue weighted by atomic mass is 10.1. The summed E-state index contributed by atoms with van der Waals surface area (Å²) >= 11 is 0. The van der Waals surface area contributed by atoms with Crippen molar-refractivity contribution in [3.8, 4) is 11.5 Å². The predicted molar refractivity (Wildman–Crippen MR) is 152 cm³/mol. The van der Waals surface area contributed by atoms with E-state index in [1.54, 1.807) is 38.0 Å². The summed E-state index contributed by atoms with van der Waals surface area (Å²) < 4.78 is 51.6. The highest BCUT2D eigenvalue weighted by Gasteiger charge is 2.48. The smallest absolute Gasteiger partial charge is 0.420 e. The quantitative estimate of drug-likeness (QED) is 0.321. The molecule has 2 aliphatic heterocycles. The molecule has 0 spiro atoms. The SMILES string of the molecule is CN(C)CCC1(OC(=O)C(=O)OC2(CCN(C)C)CN(C)C(=O)c3cc(F)ccc3O2)CN(C)C(=O)c2cc(F)ccc2O1. The van der Waals surface area contributed by atoms with Crippen LogP contribution in [-0.4, -0.2) is 123 Å². The fourth-order valence-corrected chi connectivity index (χ4v) is 4.94. The second kappa shape index (κ2) is 12.7. The van der Waals surface area contributed by atoms with Gasteiger partial charge in [-0.05, 0) is 64.6 Å². The molecule has 0 radical (unpaired) electrons. The summed E-state index contributed by atoms with van der Waals surface area (Å²) in [6.45, 7) is 0.0644. The number of likely N-dealkylation sites (N-methyl/N-ethyl adjacent to an activating group) is 2. The van der Waals surface area contributed by atoms with Crippen molar-refractivity contribution in [2.45, 2.75) is 24.4 Å². The van der Waals surface area contributed by atoms with Crippen LogP contribution in [0.15, 0.2) is 36.4 Å². The maximum absolute atomic E-state index is 14.0. The molecular weight excluding hydrogens is 582 g/mol. The molecule has 0 saturated carbocycles. The topological polar surface area (TPSA) is 118 Å². The van der Waals surface area contributed by atoms with E-state index in [1.165, 1.54) is 36.0 Å². The molecule has 14 heteroatoms. The third-order valence-electron chi connectivity index (χ3n) is 7.19. The number of fused-ring (bicyclic) bond motifs is 2. The monoisotopic (exact) mass is 618 g/mol. The Kier molecular flexibility index (Phi) is 9.44. The van der Waals surface area contributed by atoms with Gasteiger partial charge in [-0.25, -0.2) is 18.4 Å². The van der Waals surface area contributed by atoms with Crippen LogP contribution in [0, 0.1) is 11.6 Å². The Morgan fingerprint density at radius 1 is 0.750 bits per heavy atom. The van der Waals surface area contributed by atoms with Crippen LogP contribution in [0.5, 0.6) is 11.5 Å². The number of esters is 2. The molecule has 2 aliphatic rings. The summed E-state index contributed by atoms with van der Waals surface area (Å²) in [6.07, 6.45) is 0.0395. The number of hydrogen-bond donors (Lipinski definition) is 0. The van der Waals surface area contributed by atoms with Gasteiger partial charge in [0.25, 0.3) is 23.4 Å². The summed E-state index contributed by atoms with van der Waals surface area (Å²) in [7, 11) is 9.97. The fraction of sp³-hybridized carbons (Fsp3) is 0.467. The molecule has 0 fully saturated rings. The van der Waals surface area contributed by atoms with Crippen LogP contribution in [0.1, 0.15) is 33.6 Å². The Labute approximate surface area is 254 Å². The Bertz CT molecular complexity index is 1350. The zero-order valence-corrected chi connectivity index (χ0v) is 25.5. The number of amides is 2. The highest BCUT2D eigenvalue weighted by Crippen LogP contribution is 2.35. The van der Waals surface area contributed by atoms with E-state index < -0.39 is 47.0 Å². The van der Waals surface area contributed by atoms with E-state index in [-0.39, 0.29) is 48.6 Å². The van der Waals surface area contributed by atoms with Gasteiger partial charge in [0.05, 0.1) is 24.2 Å². The number of halogens is 2. The van der Waals surface area contributed by atoms with Crippen molar-refractivity contribution >= 4 is 23.8 Å². The van der Waals surface area contributed by atoms with E-state index in [4.69, 9.17) is 18.9 Å². The molecule has 0 saturated heterocycles. The predicted octanol–water partition coefficient (Wildman–Crippen LogP) is 1.98. The van der Waals surface area contributed by atoms with Crippen molar-refractivity contribution < 1.29 is 46.9 Å². The van der Waals surface area contributed by atoms with Crippen LogP contribution in [0.2, 0.25) is 0 Å². The molecule has 0 N–H and O–H groups in total. The first-order valence-electron chi connectivity index (χ1n) is 13.9. The minimum Gasteiger partial charge on any atom is -0.449 e. The van der Waals surface area contributed by atoms with Crippen LogP contribution < -0.4 is 9.47 Å². The highest BCUT2D eigenvalue weighted by atomic mass is 19.1. The molecule has 2 aromatic rings. The zero-order chi connectivity index (χ0) is 32.4. The first-order chi connectivity index (χ1) is 20.6. The standard InChI is InChI=1S/C30H36F2N4O8/c1-33(2)13-11-29(17-35(5)25(37)21-15-19(31)7-9-23(21)41-29)43-27(39)28(40)44-30(12-14-34(3)4)18-36(6)26(38)22-16-20(32)8-10-24(22)42-30/h7-10,15-16H,11-14,17-18H2,1-6H3. The van der Waals surface area contributed by atoms with E-state index >= 15 is 0 Å². The second-order valence-electron chi connectivity index (χ2n) is 11.5. The van der Waals surface area contributed by atoms with Gasteiger partial charge in [0, 0.05) is 40.0 Å². The van der Waals surface area contributed by atoms with E-state index in [9.17, 15) is 28.0 Å². The molecular formula is C30H36F2N4O8. The molecule has 0 aliphatic carbocycles. The third-order valence-corrected chi connectivity index (χ3v) is 7.19. The van der Waals surface area contributed by atoms with Gasteiger partial charge in [0.2, 0.25) is 0 Å². The van der Waals surface area contributed by atoms with Crippen molar-refractivity contribution in [3.05, 3.63) is 59.2 Å². The van der Waals surface area contributed by atoms with Crippen molar-refractivity contribution in [2.24, 2.45) is 0 Å². The highest BCUT2D eigenvalue weighted by molar-refractivity contribution is 6.30. The van der Waals surface area contributed by atoms with Gasteiger partial charge >= 0.3 is 11.9 Å². The van der Waals surface area contributed by atoms with Crippen LogP contribution >= 0.6 is 0 Å². The van der Waals surface area contributed by atoms with Crippen molar-refractivity contribution in [1.29, 1.82) is 0 Å². The van der Waals surface area contributed by atoms with Crippen molar-refractivity contribution in [1.82, 2.24) is 19.6 Å². The summed E-state index contributed by atoms with van der Waals surface area (Å²) in [5.74, 6) is -9.11. The van der Waals surface area contributed by atoms with Gasteiger partial charge in [0.15, 0.2) is 0 Å². The fourth-order valence-electron chi connectivity index (χ4n) is 4.94. The lowest BCUT2D eigenvalue weighted by molar-refractivity contribution is -0.227. The molecule has 12 nitrogen and oxygen atoms in total. The maximum atomic E-state index is 14.0. The number of benzene rings is 2. The van der Waals surface area contributed by atoms with E-state index in [1.807, 2.05) is 0 Å². The summed E-state index contributed by atoms with van der Waals surface area (Å²) in [6, 6.07) is 6.74. The van der Waals surface area contributed by atoms with Gasteiger partial charge in [0.1, 0.15) is 23.1 Å². The lowest BCUT2D eigenvalue weighted by Gasteiger charge is -2.36. The minimum atomic E-state index is -1.86. The van der Waals surface area contributed by atoms with Gasteiger partial charge < -0.3 is 38.5 Å². The number of nitrogens with zero attached hydrogens (tertiary/aromatic N) is 4. The maximum Gasteiger partial charge on any atom is 0.420 e. The first kappa shape index (κ1) is 32.6. The number of carbonyl (C=O) groups is 4. The van der Waals surface area contributed by atoms with Gasteiger partial charge in [-0.15, -0.1) is 0 Å². The van der Waals surface area contributed by atoms with Crippen LogP contribution in [0.3, 0.4) is 0 Å². The average molecular weight is 619 g/mol. The first-order valence-corrected chi connectivity index (χ1v) is 13.9. The van der Waals surface area contributed by atoms with Crippen molar-refractivity contribution in [3.63, 3.8) is 0 Å². The van der Waals surface area contributed by atoms with Crippen molar-refractivity contribution in [2.75, 3.05) is 68.5 Å². The molecule has 238 valence electrons. The van der Waals surface area contributed by atoms with Gasteiger partial charge in [-0.1, -0.05) is 0 Å². The largest absolute Gasteiger partial charge is 0.449 e. The van der Waals surface area contributed by atoms with E-state index in [2.05, 4.69) is 0 Å². The van der Waals surface area contributed by atoms with Gasteiger partial charge in [-0.3, -0.25) is 9.59 Å². The molecule has 0 aromatic heterocycles. The number of rotatable bonds is 8. The molecule has 4 rings (SSSR count). The molecule has 2 heterocycles. The Morgan fingerprint density at radius 2 is 1.11 bits per heavy atom.